The van der Waals surface area contributed by atoms with Crippen LogP contribution in [-0.2, 0) is 4.79 Å². The van der Waals surface area contributed by atoms with Gasteiger partial charge in [-0.1, -0.05) is 0 Å². The number of rotatable bonds is 3. The molecule has 3 nitrogen and oxygen atoms in total. The van der Waals surface area contributed by atoms with Crippen LogP contribution in [0.5, 0.6) is 0 Å². The number of hydrogen-bond donors (Lipinski definition) is 1. The molecule has 0 aromatic heterocycles. The van der Waals surface area contributed by atoms with Gasteiger partial charge >= 0.3 is 0 Å². The van der Waals surface area contributed by atoms with Crippen LogP contribution in [0, 0.1) is 0 Å². The highest BCUT2D eigenvalue weighted by molar-refractivity contribution is 5.50. The van der Waals surface area contributed by atoms with E-state index in [9.17, 15) is 4.79 Å². The van der Waals surface area contributed by atoms with Gasteiger partial charge in [0.25, 0.3) is 0 Å². The standard InChI is InChI=1S/C5H8N2O/c1-3-5(6-2)7-4-8/h3-4H,2H2,1H3,(H,7,8)/b5-3-. The number of hydrogen-bond acceptors (Lipinski definition) is 2. The van der Waals surface area contributed by atoms with Gasteiger partial charge in [0, 0.05) is 0 Å². The number of nitrogens with zero attached hydrogens (tertiary/aromatic N) is 1. The Labute approximate surface area is 48.1 Å². The second-order valence-electron chi connectivity index (χ2n) is 1.09. The average Bonchev–Trinajstić information content (AvgIpc) is 1.83. The summed E-state index contributed by atoms with van der Waals surface area (Å²) in [4.78, 5) is 13.2. The molecule has 0 spiro atoms. The molecule has 44 valence electrons. The van der Waals surface area contributed by atoms with Crippen molar-refractivity contribution in [3.05, 3.63) is 11.9 Å². The largest absolute Gasteiger partial charge is 0.314 e. The molecule has 0 fully saturated rings. The van der Waals surface area contributed by atoms with Crippen molar-refractivity contribution in [3.8, 4) is 0 Å². The highest BCUT2D eigenvalue weighted by atomic mass is 16.1. The first-order valence-corrected chi connectivity index (χ1v) is 2.18. The predicted molar refractivity (Wildman–Crippen MR) is 32.5 cm³/mol. The smallest absolute Gasteiger partial charge is 0.212 e. The number of aliphatic imine (C=N–C) groups is 1. The van der Waals surface area contributed by atoms with E-state index in [0.29, 0.717) is 12.2 Å². The van der Waals surface area contributed by atoms with Gasteiger partial charge in [-0.3, -0.25) is 4.79 Å². The normalized spacial score (nSPS) is 10.4. The SMILES string of the molecule is C=N/C(=C/C)NC=O. The lowest BCUT2D eigenvalue weighted by Gasteiger charge is -1.91. The van der Waals surface area contributed by atoms with Crippen LogP contribution in [0.1, 0.15) is 6.92 Å². The molecule has 8 heavy (non-hydrogen) atoms. The van der Waals surface area contributed by atoms with Gasteiger partial charge in [-0.15, -0.1) is 0 Å². The number of amides is 1. The molecule has 0 aromatic rings. The summed E-state index contributed by atoms with van der Waals surface area (Å²) < 4.78 is 0. The quantitative estimate of drug-likeness (QED) is 0.414. The van der Waals surface area contributed by atoms with Crippen molar-refractivity contribution in [2.45, 2.75) is 6.92 Å². The molecule has 0 rings (SSSR count). The van der Waals surface area contributed by atoms with E-state index in [2.05, 4.69) is 17.0 Å². The first-order chi connectivity index (χ1) is 3.85. The van der Waals surface area contributed by atoms with E-state index in [1.54, 1.807) is 13.0 Å². The Bertz CT molecular complexity index is 118. The summed E-state index contributed by atoms with van der Waals surface area (Å²) in [5.74, 6) is 0.486. The van der Waals surface area contributed by atoms with Gasteiger partial charge in [-0.2, -0.15) is 0 Å². The Morgan fingerprint density at radius 2 is 2.50 bits per heavy atom. The van der Waals surface area contributed by atoms with Crippen molar-refractivity contribution in [1.29, 1.82) is 0 Å². The predicted octanol–water partition coefficient (Wildman–Crippen LogP) is 0.294. The molecule has 0 atom stereocenters. The molecule has 0 heterocycles. The zero-order valence-corrected chi connectivity index (χ0v) is 4.72. The molecular weight excluding hydrogens is 104 g/mol. The lowest BCUT2D eigenvalue weighted by Crippen LogP contribution is -2.06. The molecule has 0 radical (unpaired) electrons. The maximum absolute atomic E-state index is 9.69. The Hall–Kier alpha value is -1.12. The summed E-state index contributed by atoms with van der Waals surface area (Å²) in [7, 11) is 0. The van der Waals surface area contributed by atoms with Crippen molar-refractivity contribution in [2.24, 2.45) is 4.99 Å². The van der Waals surface area contributed by atoms with Crippen LogP contribution in [0.3, 0.4) is 0 Å². The van der Waals surface area contributed by atoms with Crippen LogP contribution in [0.15, 0.2) is 16.9 Å². The minimum Gasteiger partial charge on any atom is -0.314 e. The van der Waals surface area contributed by atoms with Crippen LogP contribution in [0.25, 0.3) is 0 Å². The monoisotopic (exact) mass is 112 g/mol. The summed E-state index contributed by atoms with van der Waals surface area (Å²) in [5.41, 5.74) is 0. The van der Waals surface area contributed by atoms with Crippen LogP contribution in [0.4, 0.5) is 0 Å². The fourth-order valence-electron chi connectivity index (χ4n) is 0.281. The van der Waals surface area contributed by atoms with Crippen molar-refractivity contribution in [3.63, 3.8) is 0 Å². The molecule has 0 aromatic carbocycles. The summed E-state index contributed by atoms with van der Waals surface area (Å²) in [6.07, 6.45) is 2.21. The lowest BCUT2D eigenvalue weighted by molar-refractivity contribution is -0.108. The third-order valence-corrected chi connectivity index (χ3v) is 0.651. The summed E-state index contributed by atoms with van der Waals surface area (Å²) in [5, 5.41) is 2.33. The second kappa shape index (κ2) is 4.05. The molecule has 0 saturated carbocycles. The van der Waals surface area contributed by atoms with Crippen LogP contribution < -0.4 is 5.32 Å². The minimum atomic E-state index is 0.486. The fraction of sp³-hybridized carbons (Fsp3) is 0.200. The number of allylic oxidation sites excluding steroid dienone is 1. The molecule has 0 aliphatic carbocycles. The third-order valence-electron chi connectivity index (χ3n) is 0.651. The van der Waals surface area contributed by atoms with Crippen molar-refractivity contribution in [1.82, 2.24) is 5.32 Å². The van der Waals surface area contributed by atoms with E-state index in [1.807, 2.05) is 0 Å². The number of nitrogens with one attached hydrogen (secondary N) is 1. The number of carbonyl (C=O) groups is 1. The Morgan fingerprint density at radius 1 is 1.88 bits per heavy atom. The van der Waals surface area contributed by atoms with E-state index in [-0.39, 0.29) is 0 Å². The van der Waals surface area contributed by atoms with E-state index in [0.717, 1.165) is 0 Å². The van der Waals surface area contributed by atoms with Crippen molar-refractivity contribution in [2.75, 3.05) is 0 Å². The van der Waals surface area contributed by atoms with Gasteiger partial charge in [0.05, 0.1) is 0 Å². The zero-order chi connectivity index (χ0) is 6.41. The van der Waals surface area contributed by atoms with E-state index in [1.165, 1.54) is 0 Å². The van der Waals surface area contributed by atoms with E-state index < -0.39 is 0 Å². The molecular formula is C5H8N2O. The lowest BCUT2D eigenvalue weighted by atomic mass is 10.6. The molecule has 1 amide bonds. The highest BCUT2D eigenvalue weighted by Crippen LogP contribution is 1.83. The van der Waals surface area contributed by atoms with Crippen LogP contribution in [0.2, 0.25) is 0 Å². The first-order valence-electron chi connectivity index (χ1n) is 2.18. The molecule has 0 unspecified atom stereocenters. The van der Waals surface area contributed by atoms with Crippen LogP contribution in [-0.4, -0.2) is 13.1 Å². The van der Waals surface area contributed by atoms with Gasteiger partial charge in [0.15, 0.2) is 0 Å². The highest BCUT2D eigenvalue weighted by Gasteiger charge is 1.81. The van der Waals surface area contributed by atoms with E-state index >= 15 is 0 Å². The van der Waals surface area contributed by atoms with Gasteiger partial charge in [-0.05, 0) is 19.7 Å². The maximum Gasteiger partial charge on any atom is 0.212 e. The van der Waals surface area contributed by atoms with Crippen molar-refractivity contribution >= 4 is 13.1 Å². The number of carbonyl (C=O) groups excluding carboxylic acids is 1. The van der Waals surface area contributed by atoms with Gasteiger partial charge in [-0.25, -0.2) is 4.99 Å². The topological polar surface area (TPSA) is 41.5 Å². The summed E-state index contributed by atoms with van der Waals surface area (Å²) >= 11 is 0. The van der Waals surface area contributed by atoms with Gasteiger partial charge < -0.3 is 5.32 Å². The second-order valence-corrected chi connectivity index (χ2v) is 1.09. The van der Waals surface area contributed by atoms with Gasteiger partial charge in [0.2, 0.25) is 6.41 Å². The summed E-state index contributed by atoms with van der Waals surface area (Å²) in [6, 6.07) is 0. The first kappa shape index (κ1) is 6.88. The molecule has 0 aliphatic rings. The Kier molecular flexibility index (Phi) is 3.48. The fourth-order valence-corrected chi connectivity index (χ4v) is 0.281. The van der Waals surface area contributed by atoms with E-state index in [4.69, 9.17) is 0 Å². The third kappa shape index (κ3) is 2.12. The zero-order valence-electron chi connectivity index (χ0n) is 4.72. The molecule has 1 N–H and O–H groups in total. The molecule has 0 saturated heterocycles. The molecule has 0 bridgehead atoms. The molecule has 0 aliphatic heterocycles. The summed E-state index contributed by atoms with van der Waals surface area (Å²) in [6.45, 7) is 4.98. The Morgan fingerprint density at radius 3 is 2.62 bits per heavy atom. The molecule has 3 heteroatoms. The average molecular weight is 112 g/mol. The Balaban J connectivity index is 3.71. The maximum atomic E-state index is 9.69. The van der Waals surface area contributed by atoms with Crippen LogP contribution >= 0.6 is 0 Å². The minimum absolute atomic E-state index is 0.486. The van der Waals surface area contributed by atoms with Crippen molar-refractivity contribution < 1.29 is 4.79 Å². The van der Waals surface area contributed by atoms with Gasteiger partial charge in [0.1, 0.15) is 5.82 Å².